The quantitative estimate of drug-likeness (QED) is 0.821. The highest BCUT2D eigenvalue weighted by atomic mass is 19.1. The van der Waals surface area contributed by atoms with Crippen molar-refractivity contribution in [3.05, 3.63) is 59.9 Å². The molecule has 0 saturated carbocycles. The average molecular weight is 316 g/mol. The molecule has 0 unspecified atom stereocenters. The summed E-state index contributed by atoms with van der Waals surface area (Å²) < 4.78 is 18.2. The first kappa shape index (κ1) is 16.8. The van der Waals surface area contributed by atoms with Crippen LogP contribution in [0, 0.1) is 5.82 Å². The molecule has 4 nitrogen and oxygen atoms in total. The van der Waals surface area contributed by atoms with E-state index in [-0.39, 0.29) is 18.3 Å². The SMILES string of the molecule is CN(Cc1ccc(N(C)C)cc1)C(=O)COc1ccc(F)cc1. The second kappa shape index (κ2) is 7.63. The Labute approximate surface area is 136 Å². The van der Waals surface area contributed by atoms with Gasteiger partial charge in [-0.1, -0.05) is 12.1 Å². The Balaban J connectivity index is 1.85. The number of carbonyl (C=O) groups is 1. The van der Waals surface area contributed by atoms with Crippen LogP contribution in [0.25, 0.3) is 0 Å². The summed E-state index contributed by atoms with van der Waals surface area (Å²) >= 11 is 0. The van der Waals surface area contributed by atoms with Crippen LogP contribution in [-0.4, -0.2) is 38.6 Å². The fourth-order valence-electron chi connectivity index (χ4n) is 2.05. The van der Waals surface area contributed by atoms with Crippen LogP contribution >= 0.6 is 0 Å². The van der Waals surface area contributed by atoms with Crippen molar-refractivity contribution in [2.45, 2.75) is 6.54 Å². The number of anilines is 1. The molecule has 0 aromatic heterocycles. The molecule has 0 radical (unpaired) electrons. The number of rotatable bonds is 6. The molecule has 1 amide bonds. The van der Waals surface area contributed by atoms with Gasteiger partial charge in [0.05, 0.1) is 0 Å². The molecule has 0 bridgehead atoms. The predicted molar refractivity (Wildman–Crippen MR) is 89.1 cm³/mol. The van der Waals surface area contributed by atoms with Crippen LogP contribution in [0.2, 0.25) is 0 Å². The first-order valence-electron chi connectivity index (χ1n) is 7.34. The Bertz CT molecular complexity index is 639. The summed E-state index contributed by atoms with van der Waals surface area (Å²) in [4.78, 5) is 15.7. The number of ether oxygens (including phenoxy) is 1. The molecule has 0 aliphatic heterocycles. The molecule has 5 heteroatoms. The van der Waals surface area contributed by atoms with Crippen molar-refractivity contribution in [3.63, 3.8) is 0 Å². The number of nitrogens with zero attached hydrogens (tertiary/aromatic N) is 2. The largest absolute Gasteiger partial charge is 0.484 e. The summed E-state index contributed by atoms with van der Waals surface area (Å²) in [5.41, 5.74) is 2.16. The van der Waals surface area contributed by atoms with Crippen molar-refractivity contribution in [2.75, 3.05) is 32.6 Å². The van der Waals surface area contributed by atoms with Crippen LogP contribution in [0.1, 0.15) is 5.56 Å². The van der Waals surface area contributed by atoms with E-state index in [4.69, 9.17) is 4.74 Å². The fraction of sp³-hybridized carbons (Fsp3) is 0.278. The zero-order valence-corrected chi connectivity index (χ0v) is 13.6. The van der Waals surface area contributed by atoms with Gasteiger partial charge in [-0.2, -0.15) is 0 Å². The van der Waals surface area contributed by atoms with E-state index in [1.54, 1.807) is 11.9 Å². The molecule has 0 fully saturated rings. The van der Waals surface area contributed by atoms with E-state index in [1.165, 1.54) is 24.3 Å². The number of carbonyl (C=O) groups excluding carboxylic acids is 1. The number of halogens is 1. The minimum absolute atomic E-state index is 0.0715. The summed E-state index contributed by atoms with van der Waals surface area (Å²) in [7, 11) is 5.70. The summed E-state index contributed by atoms with van der Waals surface area (Å²) in [5.74, 6) is 0.0106. The van der Waals surface area contributed by atoms with Crippen molar-refractivity contribution < 1.29 is 13.9 Å². The summed E-state index contributed by atoms with van der Waals surface area (Å²) in [6, 6.07) is 13.6. The van der Waals surface area contributed by atoms with Gasteiger partial charge in [0.15, 0.2) is 6.61 Å². The van der Waals surface area contributed by atoms with Crippen molar-refractivity contribution >= 4 is 11.6 Å². The van der Waals surface area contributed by atoms with Crippen LogP contribution < -0.4 is 9.64 Å². The molecule has 0 saturated heterocycles. The van der Waals surface area contributed by atoms with Crippen LogP contribution in [0.4, 0.5) is 10.1 Å². The molecule has 0 aliphatic carbocycles. The molecule has 0 N–H and O–H groups in total. The van der Waals surface area contributed by atoms with E-state index in [1.807, 2.05) is 43.3 Å². The number of hydrogen-bond acceptors (Lipinski definition) is 3. The van der Waals surface area contributed by atoms with Gasteiger partial charge in [-0.05, 0) is 42.0 Å². The smallest absolute Gasteiger partial charge is 0.260 e. The zero-order valence-electron chi connectivity index (χ0n) is 13.6. The van der Waals surface area contributed by atoms with Crippen molar-refractivity contribution in [3.8, 4) is 5.75 Å². The molecule has 0 heterocycles. The average Bonchev–Trinajstić information content (AvgIpc) is 2.54. The monoisotopic (exact) mass is 316 g/mol. The van der Waals surface area contributed by atoms with E-state index >= 15 is 0 Å². The minimum Gasteiger partial charge on any atom is -0.484 e. The first-order chi connectivity index (χ1) is 11.0. The Morgan fingerprint density at radius 3 is 2.17 bits per heavy atom. The maximum atomic E-state index is 12.8. The second-order valence-electron chi connectivity index (χ2n) is 5.55. The number of benzene rings is 2. The molecule has 122 valence electrons. The van der Waals surface area contributed by atoms with Crippen molar-refractivity contribution in [1.82, 2.24) is 4.90 Å². The highest BCUT2D eigenvalue weighted by molar-refractivity contribution is 5.77. The lowest BCUT2D eigenvalue weighted by molar-refractivity contribution is -0.132. The number of amides is 1. The maximum absolute atomic E-state index is 12.8. The Hall–Kier alpha value is -2.56. The minimum atomic E-state index is -0.332. The molecule has 23 heavy (non-hydrogen) atoms. The van der Waals surface area contributed by atoms with Gasteiger partial charge >= 0.3 is 0 Å². The maximum Gasteiger partial charge on any atom is 0.260 e. The van der Waals surface area contributed by atoms with Crippen molar-refractivity contribution in [1.29, 1.82) is 0 Å². The summed E-state index contributed by atoms with van der Waals surface area (Å²) in [6.45, 7) is 0.442. The molecule has 0 aliphatic rings. The van der Waals surface area contributed by atoms with Gasteiger partial charge in [0.2, 0.25) is 0 Å². The van der Waals surface area contributed by atoms with Gasteiger partial charge < -0.3 is 14.5 Å². The molecular formula is C18H21FN2O2. The molecule has 2 rings (SSSR count). The van der Waals surface area contributed by atoms with Gasteiger partial charge in [0.25, 0.3) is 5.91 Å². The molecule has 0 spiro atoms. The third kappa shape index (κ3) is 4.98. The number of likely N-dealkylation sites (N-methyl/N-ethyl adjacent to an activating group) is 1. The van der Waals surface area contributed by atoms with E-state index < -0.39 is 0 Å². The Kier molecular flexibility index (Phi) is 5.57. The molecular weight excluding hydrogens is 295 g/mol. The van der Waals surface area contributed by atoms with Gasteiger partial charge in [-0.25, -0.2) is 4.39 Å². The third-order valence-electron chi connectivity index (χ3n) is 3.47. The van der Waals surface area contributed by atoms with Crippen LogP contribution in [0.5, 0.6) is 5.75 Å². The standard InChI is InChI=1S/C18H21FN2O2/c1-20(2)16-8-4-14(5-9-16)12-21(3)18(22)13-23-17-10-6-15(19)7-11-17/h4-11H,12-13H2,1-3H3. The van der Waals surface area contributed by atoms with Crippen LogP contribution in [-0.2, 0) is 11.3 Å². The van der Waals surface area contributed by atoms with E-state index in [0.717, 1.165) is 11.3 Å². The summed E-state index contributed by atoms with van der Waals surface area (Å²) in [5, 5.41) is 0. The van der Waals surface area contributed by atoms with Gasteiger partial charge in [0.1, 0.15) is 11.6 Å². The van der Waals surface area contributed by atoms with E-state index in [2.05, 4.69) is 0 Å². The topological polar surface area (TPSA) is 32.8 Å². The Morgan fingerprint density at radius 1 is 1.00 bits per heavy atom. The first-order valence-corrected chi connectivity index (χ1v) is 7.34. The van der Waals surface area contributed by atoms with Crippen LogP contribution in [0.15, 0.2) is 48.5 Å². The van der Waals surface area contributed by atoms with E-state index in [9.17, 15) is 9.18 Å². The van der Waals surface area contributed by atoms with Crippen molar-refractivity contribution in [2.24, 2.45) is 0 Å². The summed E-state index contributed by atoms with van der Waals surface area (Å²) in [6.07, 6.45) is 0. The Morgan fingerprint density at radius 2 is 1.61 bits per heavy atom. The third-order valence-corrected chi connectivity index (χ3v) is 3.47. The highest BCUT2D eigenvalue weighted by Gasteiger charge is 2.10. The normalized spacial score (nSPS) is 10.3. The molecule has 2 aromatic rings. The van der Waals surface area contributed by atoms with Gasteiger partial charge in [0, 0.05) is 33.4 Å². The number of hydrogen-bond donors (Lipinski definition) is 0. The van der Waals surface area contributed by atoms with Crippen LogP contribution in [0.3, 0.4) is 0 Å². The fourth-order valence-corrected chi connectivity index (χ4v) is 2.05. The lowest BCUT2D eigenvalue weighted by atomic mass is 10.2. The lowest BCUT2D eigenvalue weighted by Crippen LogP contribution is -2.30. The molecule has 2 aromatic carbocycles. The zero-order chi connectivity index (χ0) is 16.8. The van der Waals surface area contributed by atoms with E-state index in [0.29, 0.717) is 12.3 Å². The van der Waals surface area contributed by atoms with Gasteiger partial charge in [-0.3, -0.25) is 4.79 Å². The lowest BCUT2D eigenvalue weighted by Gasteiger charge is -2.18. The highest BCUT2D eigenvalue weighted by Crippen LogP contribution is 2.14. The second-order valence-corrected chi connectivity index (χ2v) is 5.55. The van der Waals surface area contributed by atoms with Gasteiger partial charge in [-0.15, -0.1) is 0 Å². The molecule has 0 atom stereocenters. The predicted octanol–water partition coefficient (Wildman–Crippen LogP) is 2.93.